The molecule has 1 aromatic carbocycles. The summed E-state index contributed by atoms with van der Waals surface area (Å²) in [4.78, 5) is 0. The maximum atomic E-state index is 5.20. The van der Waals surface area contributed by atoms with Crippen molar-refractivity contribution in [2.24, 2.45) is 0 Å². The summed E-state index contributed by atoms with van der Waals surface area (Å²) in [5.41, 5.74) is 2.47. The van der Waals surface area contributed by atoms with Crippen LogP contribution in [-0.4, -0.2) is 23.0 Å². The smallest absolute Gasteiger partial charge is 0.0985 e. The summed E-state index contributed by atoms with van der Waals surface area (Å²) in [6.45, 7) is 6.03. The molecule has 84 valence electrons. The summed E-state index contributed by atoms with van der Waals surface area (Å²) >= 11 is 0. The summed E-state index contributed by atoms with van der Waals surface area (Å²) in [6.07, 6.45) is 2.16. The van der Waals surface area contributed by atoms with E-state index in [1.165, 1.54) is 10.9 Å². The molecule has 1 aliphatic rings. The molecule has 1 aliphatic heterocycles. The Morgan fingerprint density at radius 3 is 2.81 bits per heavy atom. The standard InChI is InChI=1S/C13H16N2O/c1-9(2)11-4-3-5-13-12(11)6-15(14-13)10-7-16-8-10/h3-6,9-10H,7-8H2,1-2H3. The first-order valence-electron chi connectivity index (χ1n) is 5.81. The third kappa shape index (κ3) is 1.43. The zero-order valence-electron chi connectivity index (χ0n) is 9.68. The molecule has 2 aromatic rings. The molecule has 0 spiro atoms. The molecule has 2 heterocycles. The Morgan fingerprint density at radius 1 is 1.38 bits per heavy atom. The molecule has 0 N–H and O–H groups in total. The number of rotatable bonds is 2. The maximum Gasteiger partial charge on any atom is 0.0985 e. The molecule has 3 nitrogen and oxygen atoms in total. The summed E-state index contributed by atoms with van der Waals surface area (Å²) in [5, 5.41) is 5.90. The van der Waals surface area contributed by atoms with Crippen LogP contribution in [0.2, 0.25) is 0 Å². The number of aromatic nitrogens is 2. The van der Waals surface area contributed by atoms with E-state index in [1.54, 1.807) is 0 Å². The second-order valence-corrected chi connectivity index (χ2v) is 4.74. The molecule has 0 atom stereocenters. The SMILES string of the molecule is CC(C)c1cccc2nn(C3COC3)cc12. The van der Waals surface area contributed by atoms with Gasteiger partial charge in [0.15, 0.2) is 0 Å². The fourth-order valence-corrected chi connectivity index (χ4v) is 2.15. The lowest BCUT2D eigenvalue weighted by molar-refractivity contribution is -0.0283. The van der Waals surface area contributed by atoms with Gasteiger partial charge in [0.25, 0.3) is 0 Å². The Balaban J connectivity index is 2.12. The van der Waals surface area contributed by atoms with Gasteiger partial charge < -0.3 is 4.74 Å². The first-order chi connectivity index (χ1) is 7.75. The van der Waals surface area contributed by atoms with E-state index in [1.807, 2.05) is 0 Å². The van der Waals surface area contributed by atoms with E-state index < -0.39 is 0 Å². The van der Waals surface area contributed by atoms with Crippen LogP contribution in [0.3, 0.4) is 0 Å². The van der Waals surface area contributed by atoms with Crippen molar-refractivity contribution in [1.82, 2.24) is 9.78 Å². The first kappa shape index (κ1) is 9.85. The van der Waals surface area contributed by atoms with Crippen molar-refractivity contribution in [1.29, 1.82) is 0 Å². The second kappa shape index (κ2) is 3.59. The van der Waals surface area contributed by atoms with Crippen LogP contribution in [0.15, 0.2) is 24.4 Å². The van der Waals surface area contributed by atoms with Gasteiger partial charge in [-0.3, -0.25) is 4.68 Å². The predicted molar refractivity (Wildman–Crippen MR) is 63.7 cm³/mol. The van der Waals surface area contributed by atoms with Gasteiger partial charge >= 0.3 is 0 Å². The summed E-state index contributed by atoms with van der Waals surface area (Å²) in [6, 6.07) is 6.80. The Labute approximate surface area is 95.0 Å². The minimum atomic E-state index is 0.437. The fourth-order valence-electron chi connectivity index (χ4n) is 2.15. The Hall–Kier alpha value is -1.35. The van der Waals surface area contributed by atoms with Gasteiger partial charge in [0.1, 0.15) is 0 Å². The summed E-state index contributed by atoms with van der Waals surface area (Å²) in [5.74, 6) is 0.541. The lowest BCUT2D eigenvalue weighted by Crippen LogP contribution is -2.30. The normalized spacial score (nSPS) is 16.9. The Kier molecular flexibility index (Phi) is 2.21. The molecule has 16 heavy (non-hydrogen) atoms. The quantitative estimate of drug-likeness (QED) is 0.771. The zero-order chi connectivity index (χ0) is 11.1. The lowest BCUT2D eigenvalue weighted by Gasteiger charge is -2.25. The lowest BCUT2D eigenvalue weighted by atomic mass is 10.00. The number of fused-ring (bicyclic) bond motifs is 1. The minimum Gasteiger partial charge on any atom is -0.377 e. The van der Waals surface area contributed by atoms with Crippen LogP contribution < -0.4 is 0 Å². The average Bonchev–Trinajstić information content (AvgIpc) is 2.56. The number of nitrogens with zero attached hydrogens (tertiary/aromatic N) is 2. The average molecular weight is 216 g/mol. The predicted octanol–water partition coefficient (Wildman–Crippen LogP) is 2.73. The van der Waals surface area contributed by atoms with Crippen LogP contribution in [0.1, 0.15) is 31.4 Å². The van der Waals surface area contributed by atoms with Gasteiger partial charge in [0.2, 0.25) is 0 Å². The van der Waals surface area contributed by atoms with Crippen LogP contribution >= 0.6 is 0 Å². The summed E-state index contributed by atoms with van der Waals surface area (Å²) in [7, 11) is 0. The molecular formula is C13H16N2O. The second-order valence-electron chi connectivity index (χ2n) is 4.74. The van der Waals surface area contributed by atoms with E-state index in [2.05, 4.69) is 48.0 Å². The highest BCUT2D eigenvalue weighted by atomic mass is 16.5. The van der Waals surface area contributed by atoms with Crippen molar-refractivity contribution < 1.29 is 4.74 Å². The van der Waals surface area contributed by atoms with Crippen molar-refractivity contribution in [2.75, 3.05) is 13.2 Å². The van der Waals surface area contributed by atoms with E-state index >= 15 is 0 Å². The molecule has 1 aromatic heterocycles. The highest BCUT2D eigenvalue weighted by Gasteiger charge is 2.22. The van der Waals surface area contributed by atoms with Crippen molar-refractivity contribution >= 4 is 10.9 Å². The number of benzene rings is 1. The van der Waals surface area contributed by atoms with Crippen LogP contribution in [0.4, 0.5) is 0 Å². The fraction of sp³-hybridized carbons (Fsp3) is 0.462. The molecule has 0 radical (unpaired) electrons. The Bertz CT molecular complexity index is 512. The highest BCUT2D eigenvalue weighted by molar-refractivity contribution is 5.82. The largest absolute Gasteiger partial charge is 0.377 e. The molecule has 0 bridgehead atoms. The molecule has 3 heteroatoms. The maximum absolute atomic E-state index is 5.20. The van der Waals surface area contributed by atoms with E-state index in [4.69, 9.17) is 4.74 Å². The monoisotopic (exact) mass is 216 g/mol. The van der Waals surface area contributed by atoms with Crippen LogP contribution in [0.25, 0.3) is 10.9 Å². The van der Waals surface area contributed by atoms with E-state index in [-0.39, 0.29) is 0 Å². The van der Waals surface area contributed by atoms with E-state index in [9.17, 15) is 0 Å². The van der Waals surface area contributed by atoms with Gasteiger partial charge in [-0.1, -0.05) is 26.0 Å². The molecule has 0 saturated carbocycles. The van der Waals surface area contributed by atoms with Gasteiger partial charge in [-0.25, -0.2) is 0 Å². The molecule has 1 fully saturated rings. The number of hydrogen-bond acceptors (Lipinski definition) is 2. The third-order valence-electron chi connectivity index (χ3n) is 3.22. The van der Waals surface area contributed by atoms with Gasteiger partial charge in [-0.15, -0.1) is 0 Å². The first-order valence-corrected chi connectivity index (χ1v) is 5.81. The molecule has 0 aliphatic carbocycles. The van der Waals surface area contributed by atoms with Gasteiger partial charge in [0.05, 0.1) is 24.8 Å². The third-order valence-corrected chi connectivity index (χ3v) is 3.22. The topological polar surface area (TPSA) is 27.1 Å². The van der Waals surface area contributed by atoms with E-state index in [0.717, 1.165) is 18.7 Å². The zero-order valence-corrected chi connectivity index (χ0v) is 9.68. The summed E-state index contributed by atoms with van der Waals surface area (Å²) < 4.78 is 7.26. The van der Waals surface area contributed by atoms with Crippen LogP contribution in [0.5, 0.6) is 0 Å². The highest BCUT2D eigenvalue weighted by Crippen LogP contribution is 2.26. The van der Waals surface area contributed by atoms with Crippen molar-refractivity contribution in [3.05, 3.63) is 30.0 Å². The molecular weight excluding hydrogens is 200 g/mol. The van der Waals surface area contributed by atoms with Crippen molar-refractivity contribution in [3.8, 4) is 0 Å². The van der Waals surface area contributed by atoms with Crippen LogP contribution in [-0.2, 0) is 4.74 Å². The van der Waals surface area contributed by atoms with Gasteiger partial charge in [-0.2, -0.15) is 5.10 Å². The van der Waals surface area contributed by atoms with Crippen molar-refractivity contribution in [3.63, 3.8) is 0 Å². The molecule has 3 rings (SSSR count). The number of hydrogen-bond donors (Lipinski definition) is 0. The minimum absolute atomic E-state index is 0.437. The van der Waals surface area contributed by atoms with Crippen molar-refractivity contribution in [2.45, 2.75) is 25.8 Å². The van der Waals surface area contributed by atoms with Crippen LogP contribution in [0, 0.1) is 0 Å². The molecule has 0 unspecified atom stereocenters. The molecule has 0 amide bonds. The van der Waals surface area contributed by atoms with Gasteiger partial charge in [-0.05, 0) is 17.5 Å². The van der Waals surface area contributed by atoms with Gasteiger partial charge in [0, 0.05) is 11.6 Å². The number of ether oxygens (including phenoxy) is 1. The van der Waals surface area contributed by atoms with E-state index in [0.29, 0.717) is 12.0 Å². The molecule has 1 saturated heterocycles. The Morgan fingerprint density at radius 2 is 2.19 bits per heavy atom.